The van der Waals surface area contributed by atoms with Gasteiger partial charge < -0.3 is 14.2 Å². The molecule has 0 saturated heterocycles. The standard InChI is InChI=1S/C36H47NO6/c1-4-6-7-8-9-10-11-12-13-14-26-41-32-21-18-30(19-22-32)36(38)43-33-23-16-29(17-24-33)31-20-25-35(34(27-31)37(39)40)42-28(3)15-5-2/h16-25,27-28H,4-15,26H2,1-3H3. The van der Waals surface area contributed by atoms with Crippen LogP contribution in [0.2, 0.25) is 0 Å². The minimum atomic E-state index is -0.465. The van der Waals surface area contributed by atoms with Gasteiger partial charge in [0.25, 0.3) is 0 Å². The van der Waals surface area contributed by atoms with Crippen molar-refractivity contribution < 1.29 is 23.9 Å². The van der Waals surface area contributed by atoms with Crippen LogP contribution in [0.5, 0.6) is 17.2 Å². The van der Waals surface area contributed by atoms with Crippen LogP contribution in [0, 0.1) is 10.1 Å². The first-order valence-electron chi connectivity index (χ1n) is 15.9. The average molecular weight is 590 g/mol. The highest BCUT2D eigenvalue weighted by atomic mass is 16.6. The molecular weight excluding hydrogens is 542 g/mol. The van der Waals surface area contributed by atoms with Gasteiger partial charge in [-0.1, -0.05) is 96.3 Å². The van der Waals surface area contributed by atoms with Gasteiger partial charge in [-0.2, -0.15) is 0 Å². The Morgan fingerprint density at radius 2 is 1.33 bits per heavy atom. The SMILES string of the molecule is CCCCCCCCCCCCOc1ccc(C(=O)Oc2ccc(-c3ccc(OC(C)CCC)c([N+](=O)[O-])c3)cc2)cc1. The van der Waals surface area contributed by atoms with Crippen LogP contribution >= 0.6 is 0 Å². The largest absolute Gasteiger partial charge is 0.494 e. The lowest BCUT2D eigenvalue weighted by molar-refractivity contribution is -0.386. The number of esters is 1. The molecule has 0 aliphatic rings. The second kappa shape index (κ2) is 18.6. The van der Waals surface area contributed by atoms with E-state index in [-0.39, 0.29) is 17.5 Å². The van der Waals surface area contributed by atoms with Gasteiger partial charge in [-0.15, -0.1) is 0 Å². The Labute approximate surface area is 256 Å². The summed E-state index contributed by atoms with van der Waals surface area (Å²) in [4.78, 5) is 23.9. The number of hydrogen-bond donors (Lipinski definition) is 0. The monoisotopic (exact) mass is 589 g/mol. The summed E-state index contributed by atoms with van der Waals surface area (Å²) in [5.41, 5.74) is 1.79. The summed E-state index contributed by atoms with van der Waals surface area (Å²) in [6.07, 6.45) is 14.5. The summed E-state index contributed by atoms with van der Waals surface area (Å²) in [6, 6.07) is 18.8. The summed E-state index contributed by atoms with van der Waals surface area (Å²) < 4.78 is 17.2. The van der Waals surface area contributed by atoms with Crippen molar-refractivity contribution in [1.29, 1.82) is 0 Å². The number of benzene rings is 3. The number of carbonyl (C=O) groups is 1. The number of hydrogen-bond acceptors (Lipinski definition) is 6. The lowest BCUT2D eigenvalue weighted by Crippen LogP contribution is -2.12. The molecule has 43 heavy (non-hydrogen) atoms. The molecule has 0 spiro atoms. The van der Waals surface area contributed by atoms with Gasteiger partial charge in [0, 0.05) is 6.07 Å². The van der Waals surface area contributed by atoms with Gasteiger partial charge in [-0.25, -0.2) is 4.79 Å². The molecule has 0 bridgehead atoms. The molecule has 3 aromatic carbocycles. The van der Waals surface area contributed by atoms with Gasteiger partial charge in [0.1, 0.15) is 11.5 Å². The summed E-state index contributed by atoms with van der Waals surface area (Å²) in [6.45, 7) is 6.87. The van der Waals surface area contributed by atoms with Crippen molar-refractivity contribution in [2.24, 2.45) is 0 Å². The van der Waals surface area contributed by atoms with Crippen molar-refractivity contribution in [3.8, 4) is 28.4 Å². The normalized spacial score (nSPS) is 11.6. The highest BCUT2D eigenvalue weighted by molar-refractivity contribution is 5.91. The molecule has 0 fully saturated rings. The van der Waals surface area contributed by atoms with Crippen LogP contribution in [0.3, 0.4) is 0 Å². The summed E-state index contributed by atoms with van der Waals surface area (Å²) in [5, 5.41) is 11.7. The number of nitro groups is 1. The Bertz CT molecular complexity index is 1260. The summed E-state index contributed by atoms with van der Waals surface area (Å²) in [7, 11) is 0. The zero-order chi connectivity index (χ0) is 30.9. The maximum atomic E-state index is 12.7. The lowest BCUT2D eigenvalue weighted by atomic mass is 10.0. The highest BCUT2D eigenvalue weighted by Gasteiger charge is 2.19. The van der Waals surface area contributed by atoms with Crippen LogP contribution in [0.4, 0.5) is 5.69 Å². The number of unbranched alkanes of at least 4 members (excludes halogenated alkanes) is 9. The molecule has 0 saturated carbocycles. The van der Waals surface area contributed by atoms with Crippen LogP contribution in [-0.4, -0.2) is 23.6 Å². The first-order chi connectivity index (χ1) is 20.9. The summed E-state index contributed by atoms with van der Waals surface area (Å²) in [5.74, 6) is 0.919. The molecule has 0 aliphatic heterocycles. The molecule has 0 heterocycles. The van der Waals surface area contributed by atoms with E-state index in [1.165, 1.54) is 63.9 Å². The number of rotatable bonds is 20. The van der Waals surface area contributed by atoms with Crippen LogP contribution in [0.1, 0.15) is 108 Å². The zero-order valence-electron chi connectivity index (χ0n) is 26.0. The van der Waals surface area contributed by atoms with Crippen molar-refractivity contribution in [2.45, 2.75) is 104 Å². The predicted molar refractivity (Wildman–Crippen MR) is 172 cm³/mol. The lowest BCUT2D eigenvalue weighted by Gasteiger charge is -2.14. The Balaban J connectivity index is 1.44. The van der Waals surface area contributed by atoms with Gasteiger partial charge in [-0.3, -0.25) is 10.1 Å². The smallest absolute Gasteiger partial charge is 0.343 e. The number of nitrogens with zero attached hydrogens (tertiary/aromatic N) is 1. The molecule has 3 aromatic rings. The van der Waals surface area contributed by atoms with Crippen molar-refractivity contribution in [3.63, 3.8) is 0 Å². The van der Waals surface area contributed by atoms with Crippen molar-refractivity contribution in [1.82, 2.24) is 0 Å². The van der Waals surface area contributed by atoms with Crippen molar-refractivity contribution in [3.05, 3.63) is 82.4 Å². The van der Waals surface area contributed by atoms with Gasteiger partial charge in [-0.05, 0) is 73.4 Å². The fraction of sp³-hybridized carbons (Fsp3) is 0.472. The van der Waals surface area contributed by atoms with E-state index >= 15 is 0 Å². The molecule has 1 unspecified atom stereocenters. The number of ether oxygens (including phenoxy) is 3. The molecule has 0 N–H and O–H groups in total. The number of carbonyl (C=O) groups excluding carboxylic acids is 1. The number of nitro benzene ring substituents is 1. The minimum Gasteiger partial charge on any atom is -0.494 e. The van der Waals surface area contributed by atoms with E-state index in [1.807, 2.05) is 13.8 Å². The first kappa shape index (κ1) is 33.6. The zero-order valence-corrected chi connectivity index (χ0v) is 26.0. The molecule has 0 amide bonds. The molecule has 3 rings (SSSR count). The Morgan fingerprint density at radius 3 is 1.93 bits per heavy atom. The van der Waals surface area contributed by atoms with Gasteiger partial charge in [0.05, 0.1) is 23.2 Å². The third kappa shape index (κ3) is 11.7. The summed E-state index contributed by atoms with van der Waals surface area (Å²) >= 11 is 0. The van der Waals surface area contributed by atoms with Crippen LogP contribution in [0.15, 0.2) is 66.7 Å². The Kier molecular flexibility index (Phi) is 14.6. The molecular formula is C36H47NO6. The third-order valence-electron chi connectivity index (χ3n) is 7.43. The first-order valence-corrected chi connectivity index (χ1v) is 15.9. The predicted octanol–water partition coefficient (Wildman–Crippen LogP) is 10.3. The second-order valence-corrected chi connectivity index (χ2v) is 11.1. The topological polar surface area (TPSA) is 87.9 Å². The third-order valence-corrected chi connectivity index (χ3v) is 7.43. The molecule has 7 nitrogen and oxygen atoms in total. The van der Waals surface area contributed by atoms with E-state index in [9.17, 15) is 14.9 Å². The maximum absolute atomic E-state index is 12.7. The van der Waals surface area contributed by atoms with Crippen LogP contribution in [-0.2, 0) is 0 Å². The average Bonchev–Trinajstić information content (AvgIpc) is 3.01. The van der Waals surface area contributed by atoms with E-state index in [0.717, 1.165) is 30.6 Å². The molecule has 0 radical (unpaired) electrons. The van der Waals surface area contributed by atoms with Crippen molar-refractivity contribution in [2.75, 3.05) is 6.61 Å². The van der Waals surface area contributed by atoms with E-state index in [0.29, 0.717) is 23.5 Å². The molecule has 1 atom stereocenters. The highest BCUT2D eigenvalue weighted by Crippen LogP contribution is 2.34. The fourth-order valence-corrected chi connectivity index (χ4v) is 4.97. The van der Waals surface area contributed by atoms with Crippen LogP contribution in [0.25, 0.3) is 11.1 Å². The molecule has 0 aromatic heterocycles. The van der Waals surface area contributed by atoms with Gasteiger partial charge >= 0.3 is 11.7 Å². The van der Waals surface area contributed by atoms with E-state index in [1.54, 1.807) is 60.7 Å². The molecule has 7 heteroatoms. The van der Waals surface area contributed by atoms with Gasteiger partial charge in [0.2, 0.25) is 0 Å². The molecule has 0 aliphatic carbocycles. The minimum absolute atomic E-state index is 0.0770. The second-order valence-electron chi connectivity index (χ2n) is 11.1. The van der Waals surface area contributed by atoms with Crippen molar-refractivity contribution >= 4 is 11.7 Å². The Hall–Kier alpha value is -3.87. The van der Waals surface area contributed by atoms with Crippen LogP contribution < -0.4 is 14.2 Å². The Morgan fingerprint density at radius 1 is 0.744 bits per heavy atom. The quantitative estimate of drug-likeness (QED) is 0.0428. The fourth-order valence-electron chi connectivity index (χ4n) is 4.97. The van der Waals surface area contributed by atoms with Gasteiger partial charge in [0.15, 0.2) is 5.75 Å². The van der Waals surface area contributed by atoms with E-state index in [4.69, 9.17) is 14.2 Å². The maximum Gasteiger partial charge on any atom is 0.343 e. The van der Waals surface area contributed by atoms with E-state index in [2.05, 4.69) is 6.92 Å². The van der Waals surface area contributed by atoms with E-state index < -0.39 is 10.9 Å². The molecule has 232 valence electrons.